The lowest BCUT2D eigenvalue weighted by molar-refractivity contribution is 0.546. The summed E-state index contributed by atoms with van der Waals surface area (Å²) in [4.78, 5) is 9.21. The summed E-state index contributed by atoms with van der Waals surface area (Å²) < 4.78 is 0. The van der Waals surface area contributed by atoms with Crippen molar-refractivity contribution in [3.05, 3.63) is 34.3 Å². The van der Waals surface area contributed by atoms with E-state index in [1.54, 1.807) is 11.3 Å². The zero-order valence-corrected chi connectivity index (χ0v) is 13.3. The molecule has 0 unspecified atom stereocenters. The molecule has 0 saturated carbocycles. The van der Waals surface area contributed by atoms with Crippen LogP contribution in [-0.4, -0.2) is 16.5 Å². The highest BCUT2D eigenvalue weighted by atomic mass is 32.1. The normalized spacial score (nSPS) is 11.4. The van der Waals surface area contributed by atoms with Gasteiger partial charge in [0.25, 0.3) is 0 Å². The molecule has 0 bridgehead atoms. The molecule has 0 aliphatic rings. The minimum absolute atomic E-state index is 0.0652. The molecule has 4 nitrogen and oxygen atoms in total. The SMILES string of the molecule is CCNc1cc(NCc2ccsc2)nc(C(C)(C)C)n1. The quantitative estimate of drug-likeness (QED) is 0.877. The number of anilines is 2. The van der Waals surface area contributed by atoms with Crippen LogP contribution in [0.4, 0.5) is 11.6 Å². The van der Waals surface area contributed by atoms with Crippen LogP contribution in [0.15, 0.2) is 22.9 Å². The third-order valence-corrected chi connectivity index (χ3v) is 3.54. The fourth-order valence-corrected chi connectivity index (χ4v) is 2.40. The molecule has 0 fully saturated rings. The van der Waals surface area contributed by atoms with Crippen molar-refractivity contribution in [2.24, 2.45) is 0 Å². The lowest BCUT2D eigenvalue weighted by atomic mass is 9.96. The summed E-state index contributed by atoms with van der Waals surface area (Å²) in [5.41, 5.74) is 1.21. The highest BCUT2D eigenvalue weighted by Crippen LogP contribution is 2.22. The molecule has 20 heavy (non-hydrogen) atoms. The van der Waals surface area contributed by atoms with E-state index in [0.717, 1.165) is 30.5 Å². The Kier molecular flexibility index (Phi) is 4.60. The van der Waals surface area contributed by atoms with E-state index in [4.69, 9.17) is 0 Å². The maximum absolute atomic E-state index is 4.63. The predicted molar refractivity (Wildman–Crippen MR) is 86.5 cm³/mol. The van der Waals surface area contributed by atoms with Gasteiger partial charge in [-0.05, 0) is 29.3 Å². The number of hydrogen-bond acceptors (Lipinski definition) is 5. The van der Waals surface area contributed by atoms with E-state index in [9.17, 15) is 0 Å². The molecule has 2 aromatic heterocycles. The Balaban J connectivity index is 2.20. The van der Waals surface area contributed by atoms with E-state index in [0.29, 0.717) is 0 Å². The maximum atomic E-state index is 4.63. The van der Waals surface area contributed by atoms with Crippen LogP contribution < -0.4 is 10.6 Å². The van der Waals surface area contributed by atoms with Crippen LogP contribution in [0.3, 0.4) is 0 Å². The van der Waals surface area contributed by atoms with Gasteiger partial charge in [-0.2, -0.15) is 11.3 Å². The third-order valence-electron chi connectivity index (χ3n) is 2.81. The van der Waals surface area contributed by atoms with Crippen LogP contribution in [0, 0.1) is 0 Å². The lowest BCUT2D eigenvalue weighted by Gasteiger charge is -2.19. The maximum Gasteiger partial charge on any atom is 0.138 e. The van der Waals surface area contributed by atoms with Crippen LogP contribution in [0.25, 0.3) is 0 Å². The molecule has 0 amide bonds. The fourth-order valence-electron chi connectivity index (χ4n) is 1.73. The molecule has 0 aromatic carbocycles. The van der Waals surface area contributed by atoms with E-state index < -0.39 is 0 Å². The third kappa shape index (κ3) is 3.93. The van der Waals surface area contributed by atoms with Crippen LogP contribution >= 0.6 is 11.3 Å². The summed E-state index contributed by atoms with van der Waals surface area (Å²) in [6.45, 7) is 10.1. The monoisotopic (exact) mass is 290 g/mol. The molecule has 0 saturated heterocycles. The lowest BCUT2D eigenvalue weighted by Crippen LogP contribution is -2.18. The molecule has 0 spiro atoms. The minimum Gasteiger partial charge on any atom is -0.370 e. The fraction of sp³-hybridized carbons (Fsp3) is 0.467. The standard InChI is InChI=1S/C15H22N4S/c1-5-16-12-8-13(17-9-11-6-7-20-10-11)19-14(18-12)15(2,3)4/h6-8,10H,5,9H2,1-4H3,(H2,16,17,18,19). The molecule has 0 radical (unpaired) electrons. The zero-order chi connectivity index (χ0) is 14.6. The van der Waals surface area contributed by atoms with Gasteiger partial charge in [0.05, 0.1) is 0 Å². The van der Waals surface area contributed by atoms with E-state index in [1.807, 2.05) is 6.07 Å². The molecule has 2 rings (SSSR count). The first kappa shape index (κ1) is 14.8. The molecule has 2 N–H and O–H groups in total. The number of nitrogens with one attached hydrogen (secondary N) is 2. The Labute approximate surface area is 124 Å². The summed E-state index contributed by atoms with van der Waals surface area (Å²) in [7, 11) is 0. The van der Waals surface area contributed by atoms with E-state index in [2.05, 4.69) is 65.1 Å². The smallest absolute Gasteiger partial charge is 0.138 e. The second-order valence-corrected chi connectivity index (χ2v) is 6.51. The molecular formula is C15H22N4S. The number of thiophene rings is 1. The Bertz CT molecular complexity index is 543. The molecule has 108 valence electrons. The molecule has 0 atom stereocenters. The van der Waals surface area contributed by atoms with E-state index in [-0.39, 0.29) is 5.41 Å². The van der Waals surface area contributed by atoms with Crippen LogP contribution in [0.2, 0.25) is 0 Å². The van der Waals surface area contributed by atoms with Gasteiger partial charge in [-0.3, -0.25) is 0 Å². The molecule has 0 aliphatic carbocycles. The Morgan fingerprint density at radius 3 is 2.40 bits per heavy atom. The van der Waals surface area contributed by atoms with Gasteiger partial charge < -0.3 is 10.6 Å². The van der Waals surface area contributed by atoms with Crippen molar-refractivity contribution in [2.45, 2.75) is 39.7 Å². The van der Waals surface area contributed by atoms with Gasteiger partial charge in [-0.1, -0.05) is 20.8 Å². The van der Waals surface area contributed by atoms with Gasteiger partial charge in [0.2, 0.25) is 0 Å². The van der Waals surface area contributed by atoms with Crippen molar-refractivity contribution < 1.29 is 0 Å². The molecular weight excluding hydrogens is 268 g/mol. The average molecular weight is 290 g/mol. The first-order valence-corrected chi connectivity index (χ1v) is 7.81. The van der Waals surface area contributed by atoms with Gasteiger partial charge in [-0.15, -0.1) is 0 Å². The number of hydrogen-bond donors (Lipinski definition) is 2. The highest BCUT2D eigenvalue weighted by molar-refractivity contribution is 7.07. The van der Waals surface area contributed by atoms with E-state index in [1.165, 1.54) is 5.56 Å². The van der Waals surface area contributed by atoms with Crippen LogP contribution in [0.1, 0.15) is 39.1 Å². The number of aromatic nitrogens is 2. The van der Waals surface area contributed by atoms with Gasteiger partial charge in [0, 0.05) is 24.6 Å². The molecule has 2 aromatic rings. The topological polar surface area (TPSA) is 49.8 Å². The van der Waals surface area contributed by atoms with Gasteiger partial charge >= 0.3 is 0 Å². The Morgan fingerprint density at radius 2 is 1.85 bits per heavy atom. The molecule has 2 heterocycles. The minimum atomic E-state index is -0.0652. The zero-order valence-electron chi connectivity index (χ0n) is 12.5. The van der Waals surface area contributed by atoms with Crippen molar-refractivity contribution in [1.29, 1.82) is 0 Å². The van der Waals surface area contributed by atoms with Crippen molar-refractivity contribution in [3.63, 3.8) is 0 Å². The summed E-state index contributed by atoms with van der Waals surface area (Å²) in [6, 6.07) is 4.08. The van der Waals surface area contributed by atoms with Gasteiger partial charge in [0.1, 0.15) is 17.5 Å². The highest BCUT2D eigenvalue weighted by Gasteiger charge is 2.19. The van der Waals surface area contributed by atoms with Gasteiger partial charge in [-0.25, -0.2) is 9.97 Å². The van der Waals surface area contributed by atoms with E-state index >= 15 is 0 Å². The van der Waals surface area contributed by atoms with Crippen molar-refractivity contribution in [1.82, 2.24) is 9.97 Å². The average Bonchev–Trinajstić information content (AvgIpc) is 2.88. The molecule has 0 aliphatic heterocycles. The summed E-state index contributed by atoms with van der Waals surface area (Å²) in [5, 5.41) is 10.9. The second kappa shape index (κ2) is 6.22. The molecule has 5 heteroatoms. The first-order chi connectivity index (χ1) is 9.49. The van der Waals surface area contributed by atoms with Gasteiger partial charge in [0.15, 0.2) is 0 Å². The second-order valence-electron chi connectivity index (χ2n) is 5.73. The Hall–Kier alpha value is -1.62. The first-order valence-electron chi connectivity index (χ1n) is 6.87. The number of nitrogens with zero attached hydrogens (tertiary/aromatic N) is 2. The summed E-state index contributed by atoms with van der Waals surface area (Å²) in [6.07, 6.45) is 0. The predicted octanol–water partition coefficient (Wildman–Crippen LogP) is 3.88. The van der Waals surface area contributed by atoms with Crippen LogP contribution in [-0.2, 0) is 12.0 Å². The van der Waals surface area contributed by atoms with Crippen molar-refractivity contribution in [3.8, 4) is 0 Å². The Morgan fingerprint density at radius 1 is 1.15 bits per heavy atom. The summed E-state index contributed by atoms with van der Waals surface area (Å²) in [5.74, 6) is 2.59. The van der Waals surface area contributed by atoms with Crippen LogP contribution in [0.5, 0.6) is 0 Å². The van der Waals surface area contributed by atoms with Crippen molar-refractivity contribution in [2.75, 3.05) is 17.2 Å². The van der Waals surface area contributed by atoms with Crippen molar-refractivity contribution >= 4 is 23.0 Å². The largest absolute Gasteiger partial charge is 0.370 e. The summed E-state index contributed by atoms with van der Waals surface area (Å²) >= 11 is 1.71. The number of rotatable bonds is 5.